The number of hydrogen-bond donors (Lipinski definition) is 4. The van der Waals surface area contributed by atoms with E-state index in [-0.39, 0.29) is 17.9 Å². The number of urea groups is 1. The molecular weight excluding hydrogens is 388 g/mol. The Morgan fingerprint density at radius 3 is 2.72 bits per heavy atom. The Labute approximate surface area is 177 Å². The van der Waals surface area contributed by atoms with E-state index in [0.717, 1.165) is 31.4 Å². The Hall–Kier alpha value is -1.84. The SMILES string of the molecule is CCCN(C(=O)NCCNC)C(=O)[C@@H]1C[C@@H]2Cc3c(sc(N)c3N)C[C@H]2N(C)C1. The minimum atomic E-state index is -0.294. The smallest absolute Gasteiger partial charge is 0.324 e. The Kier molecular flexibility index (Phi) is 7.02. The minimum Gasteiger partial charge on any atom is -0.396 e. The number of likely N-dealkylation sites (tertiary alicyclic amines) is 1. The number of rotatable bonds is 6. The number of carbonyl (C=O) groups excluding carboxylic acids is 2. The summed E-state index contributed by atoms with van der Waals surface area (Å²) in [5, 5.41) is 6.54. The molecule has 1 aliphatic carbocycles. The highest BCUT2D eigenvalue weighted by Crippen LogP contribution is 2.44. The van der Waals surface area contributed by atoms with Crippen LogP contribution in [0, 0.1) is 11.8 Å². The monoisotopic (exact) mass is 422 g/mol. The third kappa shape index (κ3) is 4.51. The fourth-order valence-corrected chi connectivity index (χ4v) is 5.76. The van der Waals surface area contributed by atoms with E-state index in [1.54, 1.807) is 11.3 Å². The van der Waals surface area contributed by atoms with Crippen LogP contribution in [0.25, 0.3) is 0 Å². The van der Waals surface area contributed by atoms with Gasteiger partial charge in [-0.2, -0.15) is 0 Å². The molecule has 1 aromatic heterocycles. The first-order valence-corrected chi connectivity index (χ1v) is 11.3. The van der Waals surface area contributed by atoms with E-state index in [1.165, 1.54) is 15.3 Å². The summed E-state index contributed by atoms with van der Waals surface area (Å²) < 4.78 is 0. The molecule has 1 saturated heterocycles. The van der Waals surface area contributed by atoms with Gasteiger partial charge in [0.05, 0.1) is 11.6 Å². The van der Waals surface area contributed by atoms with Gasteiger partial charge in [-0.25, -0.2) is 4.79 Å². The number of piperidine rings is 1. The summed E-state index contributed by atoms with van der Waals surface area (Å²) >= 11 is 1.60. The van der Waals surface area contributed by atoms with Crippen molar-refractivity contribution in [2.45, 2.75) is 38.6 Å². The topological polar surface area (TPSA) is 117 Å². The predicted octanol–water partition coefficient (Wildman–Crippen LogP) is 1.12. The van der Waals surface area contributed by atoms with E-state index < -0.39 is 0 Å². The number of carbonyl (C=O) groups is 2. The molecule has 3 atom stereocenters. The zero-order valence-electron chi connectivity index (χ0n) is 17.7. The number of nitrogens with one attached hydrogen (secondary N) is 2. The highest BCUT2D eigenvalue weighted by atomic mass is 32.1. The van der Waals surface area contributed by atoms with E-state index in [0.29, 0.717) is 43.1 Å². The molecule has 29 heavy (non-hydrogen) atoms. The second-order valence-electron chi connectivity index (χ2n) is 8.21. The van der Waals surface area contributed by atoms with Gasteiger partial charge in [0.2, 0.25) is 5.91 Å². The molecule has 0 saturated carbocycles. The van der Waals surface area contributed by atoms with Gasteiger partial charge in [0.1, 0.15) is 5.00 Å². The maximum absolute atomic E-state index is 13.3. The van der Waals surface area contributed by atoms with Gasteiger partial charge in [0, 0.05) is 37.1 Å². The minimum absolute atomic E-state index is 0.0669. The number of hydrogen-bond acceptors (Lipinski definition) is 7. The van der Waals surface area contributed by atoms with Crippen molar-refractivity contribution in [2.75, 3.05) is 51.7 Å². The van der Waals surface area contributed by atoms with Crippen molar-refractivity contribution in [1.29, 1.82) is 0 Å². The average molecular weight is 423 g/mol. The molecule has 162 valence electrons. The molecule has 0 unspecified atom stereocenters. The highest BCUT2D eigenvalue weighted by Gasteiger charge is 2.42. The molecule has 9 heteroatoms. The third-order valence-electron chi connectivity index (χ3n) is 6.19. The molecule has 0 spiro atoms. The van der Waals surface area contributed by atoms with Crippen molar-refractivity contribution in [2.24, 2.45) is 11.8 Å². The lowest BCUT2D eigenvalue weighted by atomic mass is 9.74. The van der Waals surface area contributed by atoms with Crippen molar-refractivity contribution in [3.05, 3.63) is 10.4 Å². The molecule has 1 fully saturated rings. The van der Waals surface area contributed by atoms with Gasteiger partial charge in [-0.1, -0.05) is 6.92 Å². The molecule has 2 aliphatic rings. The van der Waals surface area contributed by atoms with Crippen LogP contribution in [0.1, 0.15) is 30.2 Å². The fraction of sp³-hybridized carbons (Fsp3) is 0.700. The second kappa shape index (κ2) is 9.32. The van der Waals surface area contributed by atoms with E-state index in [4.69, 9.17) is 11.5 Å². The van der Waals surface area contributed by atoms with Crippen LogP contribution in [0.15, 0.2) is 0 Å². The Bertz CT molecular complexity index is 752. The molecule has 0 bridgehead atoms. The number of nitrogens with zero attached hydrogens (tertiary/aromatic N) is 2. The average Bonchev–Trinajstić information content (AvgIpc) is 2.97. The van der Waals surface area contributed by atoms with Gasteiger partial charge >= 0.3 is 6.03 Å². The van der Waals surface area contributed by atoms with Gasteiger partial charge in [-0.15, -0.1) is 11.3 Å². The predicted molar refractivity (Wildman–Crippen MR) is 118 cm³/mol. The summed E-state index contributed by atoms with van der Waals surface area (Å²) in [6.07, 6.45) is 3.32. The Morgan fingerprint density at radius 1 is 1.28 bits per heavy atom. The number of amides is 3. The molecule has 6 N–H and O–H groups in total. The van der Waals surface area contributed by atoms with Crippen molar-refractivity contribution >= 4 is 34.0 Å². The van der Waals surface area contributed by atoms with Crippen molar-refractivity contribution in [3.8, 4) is 0 Å². The summed E-state index contributed by atoms with van der Waals surface area (Å²) in [4.78, 5) is 30.8. The van der Waals surface area contributed by atoms with E-state index in [9.17, 15) is 9.59 Å². The van der Waals surface area contributed by atoms with Crippen LogP contribution in [0.3, 0.4) is 0 Å². The van der Waals surface area contributed by atoms with Crippen LogP contribution in [0.5, 0.6) is 0 Å². The van der Waals surface area contributed by atoms with Crippen LogP contribution in [0.2, 0.25) is 0 Å². The van der Waals surface area contributed by atoms with Crippen LogP contribution in [-0.2, 0) is 17.6 Å². The van der Waals surface area contributed by atoms with Gasteiger partial charge in [-0.05, 0) is 51.3 Å². The maximum Gasteiger partial charge on any atom is 0.324 e. The number of nitrogens with two attached hydrogens (primary N) is 2. The number of likely N-dealkylation sites (N-methyl/N-ethyl adjacent to an activating group) is 2. The number of imide groups is 1. The molecule has 3 amide bonds. The summed E-state index contributed by atoms with van der Waals surface area (Å²) in [6.45, 7) is 4.27. The molecular formula is C20H34N6O2S. The lowest BCUT2D eigenvalue weighted by Crippen LogP contribution is -2.55. The first kappa shape index (κ1) is 21.9. The lowest BCUT2D eigenvalue weighted by Gasteiger charge is -2.45. The van der Waals surface area contributed by atoms with Crippen LogP contribution >= 0.6 is 11.3 Å². The molecule has 1 aromatic rings. The van der Waals surface area contributed by atoms with Crippen LogP contribution in [-0.4, -0.2) is 68.1 Å². The lowest BCUT2D eigenvalue weighted by molar-refractivity contribution is -0.136. The third-order valence-corrected chi connectivity index (χ3v) is 7.29. The van der Waals surface area contributed by atoms with Crippen LogP contribution < -0.4 is 22.1 Å². The van der Waals surface area contributed by atoms with Crippen molar-refractivity contribution in [3.63, 3.8) is 0 Å². The van der Waals surface area contributed by atoms with Gasteiger partial charge in [0.25, 0.3) is 0 Å². The van der Waals surface area contributed by atoms with Gasteiger partial charge < -0.3 is 27.0 Å². The second-order valence-corrected chi connectivity index (χ2v) is 9.35. The Morgan fingerprint density at radius 2 is 2.03 bits per heavy atom. The molecule has 0 aromatic carbocycles. The van der Waals surface area contributed by atoms with E-state index >= 15 is 0 Å². The summed E-state index contributed by atoms with van der Waals surface area (Å²) in [5.74, 6) is 0.103. The van der Waals surface area contributed by atoms with Crippen molar-refractivity contribution < 1.29 is 9.59 Å². The number of thiophene rings is 1. The fourth-order valence-electron chi connectivity index (χ4n) is 4.70. The number of nitrogen functional groups attached to an aromatic ring is 2. The highest BCUT2D eigenvalue weighted by molar-refractivity contribution is 7.16. The standard InChI is InChI=1S/C20H34N6O2S/c1-4-7-26(20(28)24-6-5-23-2)19(27)13-8-12-9-14-16(29-18(22)17(14)21)10-15(12)25(3)11-13/h12-13,15,23H,4-11,21-22H2,1-3H3,(H,24,28)/t12-,13-,15-/m1/s1. The molecule has 2 heterocycles. The summed E-state index contributed by atoms with van der Waals surface area (Å²) in [6, 6.07) is 0.103. The largest absolute Gasteiger partial charge is 0.396 e. The Balaban J connectivity index is 1.72. The van der Waals surface area contributed by atoms with Crippen LogP contribution in [0.4, 0.5) is 15.5 Å². The molecule has 1 aliphatic heterocycles. The van der Waals surface area contributed by atoms with Gasteiger partial charge in [-0.3, -0.25) is 9.69 Å². The normalized spacial score (nSPS) is 23.9. The van der Waals surface area contributed by atoms with E-state index in [2.05, 4.69) is 22.6 Å². The number of anilines is 2. The first-order valence-electron chi connectivity index (χ1n) is 10.5. The van der Waals surface area contributed by atoms with E-state index in [1.807, 2.05) is 14.0 Å². The van der Waals surface area contributed by atoms with Gasteiger partial charge in [0.15, 0.2) is 0 Å². The molecule has 0 radical (unpaired) electrons. The maximum atomic E-state index is 13.3. The molecule has 8 nitrogen and oxygen atoms in total. The quantitative estimate of drug-likeness (QED) is 0.511. The van der Waals surface area contributed by atoms with Crippen molar-refractivity contribution in [1.82, 2.24) is 20.4 Å². The summed E-state index contributed by atoms with van der Waals surface area (Å²) in [7, 11) is 3.92. The molecule has 3 rings (SSSR count). The zero-order valence-corrected chi connectivity index (χ0v) is 18.5. The zero-order chi connectivity index (χ0) is 21.1. The first-order chi connectivity index (χ1) is 13.9. The number of fused-ring (bicyclic) bond motifs is 2. The summed E-state index contributed by atoms with van der Waals surface area (Å²) in [5.41, 5.74) is 14.1.